The molecule has 0 bridgehead atoms. The highest BCUT2D eigenvalue weighted by molar-refractivity contribution is 5.81. The topological polar surface area (TPSA) is 71.8 Å². The highest BCUT2D eigenvalue weighted by Crippen LogP contribution is 1.92. The number of hydrogen-bond acceptors (Lipinski definition) is 4. The standard InChI is InChI=1S/C11H21N5O/c1-8(2)14-11(17)9(3)12-6-5-10-15-13-7-16(10)4/h7-9,12H,5-6H2,1-4H3,(H,14,17). The number of amides is 1. The first kappa shape index (κ1) is 13.6. The lowest BCUT2D eigenvalue weighted by atomic mass is 10.2. The summed E-state index contributed by atoms with van der Waals surface area (Å²) >= 11 is 0. The second-order valence-electron chi connectivity index (χ2n) is 4.45. The van der Waals surface area contributed by atoms with E-state index in [9.17, 15) is 4.79 Å². The molecule has 1 amide bonds. The summed E-state index contributed by atoms with van der Waals surface area (Å²) in [6.45, 7) is 6.46. The van der Waals surface area contributed by atoms with Crippen molar-refractivity contribution >= 4 is 5.91 Å². The van der Waals surface area contributed by atoms with E-state index in [1.807, 2.05) is 32.4 Å². The third kappa shape index (κ3) is 4.52. The molecule has 0 aliphatic rings. The minimum Gasteiger partial charge on any atom is -0.353 e. The average Bonchev–Trinajstić information content (AvgIpc) is 2.63. The lowest BCUT2D eigenvalue weighted by molar-refractivity contribution is -0.123. The molecule has 0 spiro atoms. The highest BCUT2D eigenvalue weighted by Gasteiger charge is 2.12. The summed E-state index contributed by atoms with van der Waals surface area (Å²) < 4.78 is 1.88. The Morgan fingerprint density at radius 3 is 2.71 bits per heavy atom. The van der Waals surface area contributed by atoms with Gasteiger partial charge in [0.25, 0.3) is 0 Å². The van der Waals surface area contributed by atoms with E-state index in [2.05, 4.69) is 20.8 Å². The van der Waals surface area contributed by atoms with Crippen LogP contribution in [0.1, 0.15) is 26.6 Å². The number of nitrogens with one attached hydrogen (secondary N) is 2. The fourth-order valence-corrected chi connectivity index (χ4v) is 1.44. The SMILES string of the molecule is CC(C)NC(=O)C(C)NCCc1nncn1C. The van der Waals surface area contributed by atoms with Crippen molar-refractivity contribution < 1.29 is 4.79 Å². The van der Waals surface area contributed by atoms with Gasteiger partial charge in [0, 0.05) is 26.1 Å². The first-order valence-corrected chi connectivity index (χ1v) is 5.87. The molecule has 0 saturated heterocycles. The summed E-state index contributed by atoms with van der Waals surface area (Å²) in [6, 6.07) is -0.0175. The molecule has 1 unspecified atom stereocenters. The van der Waals surface area contributed by atoms with Gasteiger partial charge in [0.2, 0.25) is 5.91 Å². The Bertz CT molecular complexity index is 360. The van der Waals surface area contributed by atoms with Crippen molar-refractivity contribution in [3.63, 3.8) is 0 Å². The molecule has 0 fully saturated rings. The molecule has 0 saturated carbocycles. The fourth-order valence-electron chi connectivity index (χ4n) is 1.44. The number of aromatic nitrogens is 3. The molecule has 0 aromatic carbocycles. The molecule has 0 radical (unpaired) electrons. The molecule has 6 heteroatoms. The Hall–Kier alpha value is -1.43. The molecule has 17 heavy (non-hydrogen) atoms. The number of hydrogen-bond donors (Lipinski definition) is 2. The Morgan fingerprint density at radius 1 is 1.47 bits per heavy atom. The molecule has 6 nitrogen and oxygen atoms in total. The predicted molar refractivity (Wildman–Crippen MR) is 65.5 cm³/mol. The molecular weight excluding hydrogens is 218 g/mol. The number of rotatable bonds is 6. The van der Waals surface area contributed by atoms with Crippen LogP contribution >= 0.6 is 0 Å². The fraction of sp³-hybridized carbons (Fsp3) is 0.727. The lowest BCUT2D eigenvalue weighted by Crippen LogP contribution is -2.45. The predicted octanol–water partition coefficient (Wildman–Crippen LogP) is -0.140. The van der Waals surface area contributed by atoms with Crippen LogP contribution in [0.25, 0.3) is 0 Å². The van der Waals surface area contributed by atoms with E-state index in [1.54, 1.807) is 6.33 Å². The van der Waals surface area contributed by atoms with E-state index in [0.717, 1.165) is 12.2 Å². The Balaban J connectivity index is 2.27. The maximum atomic E-state index is 11.6. The molecule has 1 atom stereocenters. The number of carbonyl (C=O) groups excluding carboxylic acids is 1. The van der Waals surface area contributed by atoms with Gasteiger partial charge in [-0.1, -0.05) is 0 Å². The minimum atomic E-state index is -0.189. The van der Waals surface area contributed by atoms with Crippen LogP contribution in [-0.2, 0) is 18.3 Å². The number of aryl methyl sites for hydroxylation is 1. The molecule has 1 rings (SSSR count). The molecule has 1 aromatic rings. The van der Waals surface area contributed by atoms with Crippen molar-refractivity contribution in [2.75, 3.05) is 6.54 Å². The maximum Gasteiger partial charge on any atom is 0.237 e. The van der Waals surface area contributed by atoms with Crippen LogP contribution in [0.5, 0.6) is 0 Å². The zero-order valence-electron chi connectivity index (χ0n) is 10.9. The van der Waals surface area contributed by atoms with Crippen LogP contribution in [0.15, 0.2) is 6.33 Å². The lowest BCUT2D eigenvalue weighted by Gasteiger charge is -2.15. The number of nitrogens with zero attached hydrogens (tertiary/aromatic N) is 3. The maximum absolute atomic E-state index is 11.6. The number of carbonyl (C=O) groups is 1. The van der Waals surface area contributed by atoms with Gasteiger partial charge in [-0.25, -0.2) is 0 Å². The molecular formula is C11H21N5O. The highest BCUT2D eigenvalue weighted by atomic mass is 16.2. The van der Waals surface area contributed by atoms with Gasteiger partial charge in [-0.15, -0.1) is 10.2 Å². The smallest absolute Gasteiger partial charge is 0.237 e. The summed E-state index contributed by atoms with van der Waals surface area (Å²) in [6.07, 6.45) is 2.43. The summed E-state index contributed by atoms with van der Waals surface area (Å²) in [5.74, 6) is 0.937. The zero-order valence-corrected chi connectivity index (χ0v) is 10.9. The third-order valence-corrected chi connectivity index (χ3v) is 2.43. The van der Waals surface area contributed by atoms with Gasteiger partial charge in [-0.2, -0.15) is 0 Å². The monoisotopic (exact) mass is 239 g/mol. The molecule has 2 N–H and O–H groups in total. The summed E-state index contributed by atoms with van der Waals surface area (Å²) in [5.41, 5.74) is 0. The van der Waals surface area contributed by atoms with E-state index in [1.165, 1.54) is 0 Å². The van der Waals surface area contributed by atoms with Crippen LogP contribution in [0, 0.1) is 0 Å². The van der Waals surface area contributed by atoms with E-state index in [-0.39, 0.29) is 18.0 Å². The van der Waals surface area contributed by atoms with Crippen molar-refractivity contribution in [2.24, 2.45) is 7.05 Å². The largest absolute Gasteiger partial charge is 0.353 e. The van der Waals surface area contributed by atoms with E-state index < -0.39 is 0 Å². The summed E-state index contributed by atoms with van der Waals surface area (Å²) in [4.78, 5) is 11.6. The molecule has 0 aliphatic carbocycles. The van der Waals surface area contributed by atoms with Crippen LogP contribution in [-0.4, -0.2) is 39.3 Å². The first-order valence-electron chi connectivity index (χ1n) is 5.87. The van der Waals surface area contributed by atoms with Gasteiger partial charge in [0.15, 0.2) is 0 Å². The summed E-state index contributed by atoms with van der Waals surface area (Å²) in [7, 11) is 1.91. The average molecular weight is 239 g/mol. The van der Waals surface area contributed by atoms with Crippen LogP contribution in [0.4, 0.5) is 0 Å². The van der Waals surface area contributed by atoms with Gasteiger partial charge in [-0.3, -0.25) is 4.79 Å². The Kier molecular flexibility index (Phi) is 5.09. The Labute approximate surface area is 102 Å². The van der Waals surface area contributed by atoms with Crippen LogP contribution < -0.4 is 10.6 Å². The third-order valence-electron chi connectivity index (χ3n) is 2.43. The van der Waals surface area contributed by atoms with Crippen LogP contribution in [0.3, 0.4) is 0 Å². The van der Waals surface area contributed by atoms with E-state index >= 15 is 0 Å². The van der Waals surface area contributed by atoms with Crippen molar-refractivity contribution in [3.8, 4) is 0 Å². The molecule has 1 heterocycles. The van der Waals surface area contributed by atoms with E-state index in [4.69, 9.17) is 0 Å². The van der Waals surface area contributed by atoms with Gasteiger partial charge >= 0.3 is 0 Å². The Morgan fingerprint density at radius 2 is 2.18 bits per heavy atom. The van der Waals surface area contributed by atoms with Gasteiger partial charge < -0.3 is 15.2 Å². The first-order chi connectivity index (χ1) is 8.00. The molecule has 0 aliphatic heterocycles. The van der Waals surface area contributed by atoms with Crippen LogP contribution in [0.2, 0.25) is 0 Å². The molecule has 96 valence electrons. The van der Waals surface area contributed by atoms with Crippen molar-refractivity contribution in [2.45, 2.75) is 39.3 Å². The van der Waals surface area contributed by atoms with Gasteiger partial charge in [0.05, 0.1) is 6.04 Å². The molecule has 1 aromatic heterocycles. The van der Waals surface area contributed by atoms with E-state index in [0.29, 0.717) is 6.54 Å². The quantitative estimate of drug-likeness (QED) is 0.725. The van der Waals surface area contributed by atoms with Gasteiger partial charge in [-0.05, 0) is 20.8 Å². The van der Waals surface area contributed by atoms with Crippen molar-refractivity contribution in [3.05, 3.63) is 12.2 Å². The van der Waals surface area contributed by atoms with Crippen molar-refractivity contribution in [1.82, 2.24) is 25.4 Å². The normalized spacial score (nSPS) is 12.8. The zero-order chi connectivity index (χ0) is 12.8. The summed E-state index contributed by atoms with van der Waals surface area (Å²) in [5, 5.41) is 13.8. The second-order valence-corrected chi connectivity index (χ2v) is 4.45. The van der Waals surface area contributed by atoms with Gasteiger partial charge in [0.1, 0.15) is 12.2 Å². The van der Waals surface area contributed by atoms with Crippen molar-refractivity contribution in [1.29, 1.82) is 0 Å². The second kappa shape index (κ2) is 6.34. The minimum absolute atomic E-state index is 0.0259.